The number of nitrogens with one attached hydrogen (secondary N) is 1. The maximum atomic E-state index is 14.6. The van der Waals surface area contributed by atoms with E-state index in [1.165, 1.54) is 43.3 Å². The van der Waals surface area contributed by atoms with Crippen LogP contribution in [0.1, 0.15) is 45.7 Å². The fourth-order valence-electron chi connectivity index (χ4n) is 4.94. The number of nitrogens with zero attached hydrogens (tertiary/aromatic N) is 2. The van der Waals surface area contributed by atoms with Crippen LogP contribution in [0.25, 0.3) is 22.5 Å². The fraction of sp³-hybridized carbons (Fsp3) is 0.267. The van der Waals surface area contributed by atoms with Gasteiger partial charge in [-0.3, -0.25) is 4.79 Å². The molecule has 0 radical (unpaired) electrons. The summed E-state index contributed by atoms with van der Waals surface area (Å²) in [5, 5.41) is 13.5. The minimum Gasteiger partial charge on any atom is -0.434 e. The zero-order chi connectivity index (χ0) is 28.8. The molecule has 2 N–H and O–H groups in total. The molecular weight excluding hydrogens is 526 g/mol. The van der Waals surface area contributed by atoms with Crippen molar-refractivity contribution in [1.82, 2.24) is 9.71 Å². The van der Waals surface area contributed by atoms with Crippen LogP contribution < -0.4 is 10.1 Å². The number of anilines is 1. The summed E-state index contributed by atoms with van der Waals surface area (Å²) in [5.74, 6) is -4.50. The van der Waals surface area contributed by atoms with Crippen LogP contribution in [0.5, 0.6) is 5.75 Å². The summed E-state index contributed by atoms with van der Waals surface area (Å²) in [7, 11) is 0. The van der Waals surface area contributed by atoms with E-state index in [2.05, 4.69) is 10.3 Å². The third-order valence-electron chi connectivity index (χ3n) is 7.04. The Kier molecular flexibility index (Phi) is 7.03. The monoisotopic (exact) mass is 553 g/mol. The lowest BCUT2D eigenvalue weighted by Gasteiger charge is -2.17. The van der Waals surface area contributed by atoms with Crippen LogP contribution in [0, 0.1) is 26.7 Å². The molecule has 1 saturated carbocycles. The first-order valence-corrected chi connectivity index (χ1v) is 12.7. The molecule has 0 bridgehead atoms. The van der Waals surface area contributed by atoms with Crippen molar-refractivity contribution < 1.29 is 32.3 Å². The van der Waals surface area contributed by atoms with Gasteiger partial charge in [0.1, 0.15) is 5.75 Å². The third kappa shape index (κ3) is 5.13. The van der Waals surface area contributed by atoms with E-state index in [1.807, 2.05) is 32.0 Å². The summed E-state index contributed by atoms with van der Waals surface area (Å²) in [6.07, 6.45) is 0.908. The highest BCUT2D eigenvalue weighted by Gasteiger charge is 2.48. The maximum Gasteiger partial charge on any atom is 0.387 e. The Bertz CT molecular complexity index is 1580. The van der Waals surface area contributed by atoms with Gasteiger partial charge in [-0.2, -0.15) is 13.5 Å². The van der Waals surface area contributed by atoms with Crippen molar-refractivity contribution in [3.05, 3.63) is 88.7 Å². The number of amides is 1. The molecule has 1 aliphatic carbocycles. The molecule has 0 saturated heterocycles. The largest absolute Gasteiger partial charge is 0.434 e. The minimum atomic E-state index is -3.05. The van der Waals surface area contributed by atoms with Crippen molar-refractivity contribution in [3.63, 3.8) is 0 Å². The first-order chi connectivity index (χ1) is 19.0. The molecule has 208 valence electrons. The van der Waals surface area contributed by atoms with Crippen molar-refractivity contribution >= 4 is 11.6 Å². The average Bonchev–Trinajstić information content (AvgIpc) is 3.70. The number of imidazole rings is 1. The molecule has 4 aromatic rings. The summed E-state index contributed by atoms with van der Waals surface area (Å²) in [4.78, 5) is 17.5. The number of ether oxygens (including phenoxy) is 1. The van der Waals surface area contributed by atoms with E-state index in [0.29, 0.717) is 34.3 Å². The second kappa shape index (κ2) is 10.3. The van der Waals surface area contributed by atoms with Gasteiger partial charge in [0.15, 0.2) is 11.5 Å². The van der Waals surface area contributed by atoms with Crippen LogP contribution in [-0.4, -0.2) is 27.4 Å². The summed E-state index contributed by atoms with van der Waals surface area (Å²) in [5.41, 5.74) is 3.00. The predicted octanol–water partition coefficient (Wildman–Crippen LogP) is 7.74. The van der Waals surface area contributed by atoms with Crippen LogP contribution >= 0.6 is 0 Å². The van der Waals surface area contributed by atoms with Gasteiger partial charge in [-0.05, 0) is 80.6 Å². The number of hydrogen-bond acceptors (Lipinski definition) is 4. The molecular formula is C30H27F4N3O3. The Labute approximate surface area is 228 Å². The van der Waals surface area contributed by atoms with Crippen LogP contribution in [0.3, 0.4) is 0 Å². The van der Waals surface area contributed by atoms with Crippen molar-refractivity contribution in [2.75, 3.05) is 5.32 Å². The van der Waals surface area contributed by atoms with E-state index in [0.717, 1.165) is 11.1 Å². The van der Waals surface area contributed by atoms with Gasteiger partial charge < -0.3 is 15.3 Å². The van der Waals surface area contributed by atoms with Crippen LogP contribution in [-0.2, 0) is 5.92 Å². The molecule has 40 heavy (non-hydrogen) atoms. The van der Waals surface area contributed by atoms with E-state index in [9.17, 15) is 27.6 Å². The predicted molar refractivity (Wildman–Crippen MR) is 142 cm³/mol. The Balaban J connectivity index is 1.50. The summed E-state index contributed by atoms with van der Waals surface area (Å²) < 4.78 is 60.9. The molecule has 0 atom stereocenters. The van der Waals surface area contributed by atoms with Gasteiger partial charge in [0, 0.05) is 28.3 Å². The molecule has 0 aliphatic heterocycles. The summed E-state index contributed by atoms with van der Waals surface area (Å²) >= 11 is 0. The number of halogens is 4. The number of aryl methyl sites for hydroxylation is 3. The van der Waals surface area contributed by atoms with E-state index in [1.54, 1.807) is 6.07 Å². The van der Waals surface area contributed by atoms with Crippen LogP contribution in [0.15, 0.2) is 60.7 Å². The van der Waals surface area contributed by atoms with Crippen LogP contribution in [0.4, 0.5) is 23.2 Å². The van der Waals surface area contributed by atoms with Gasteiger partial charge >= 0.3 is 6.61 Å². The highest BCUT2D eigenvalue weighted by Crippen LogP contribution is 2.50. The number of carbonyl (C=O) groups excluding carboxylic acids is 1. The van der Waals surface area contributed by atoms with Crippen molar-refractivity contribution in [2.45, 2.75) is 46.1 Å². The molecule has 10 heteroatoms. The highest BCUT2D eigenvalue weighted by atomic mass is 19.3. The van der Waals surface area contributed by atoms with E-state index >= 15 is 0 Å². The molecule has 1 aromatic heterocycles. The van der Waals surface area contributed by atoms with Gasteiger partial charge in [-0.15, -0.1) is 0 Å². The second-order valence-electron chi connectivity index (χ2n) is 9.97. The lowest BCUT2D eigenvalue weighted by Crippen LogP contribution is -2.19. The van der Waals surface area contributed by atoms with Gasteiger partial charge in [0.2, 0.25) is 0 Å². The maximum absolute atomic E-state index is 14.6. The Hall–Kier alpha value is -4.34. The van der Waals surface area contributed by atoms with Gasteiger partial charge in [0.25, 0.3) is 11.8 Å². The number of rotatable bonds is 8. The topological polar surface area (TPSA) is 76.4 Å². The zero-order valence-electron chi connectivity index (χ0n) is 22.0. The molecule has 1 amide bonds. The number of benzene rings is 3. The Morgan fingerprint density at radius 3 is 2.38 bits per heavy atom. The molecule has 5 rings (SSSR count). The first-order valence-electron chi connectivity index (χ1n) is 12.7. The number of hydrogen-bond donors (Lipinski definition) is 2. The van der Waals surface area contributed by atoms with E-state index in [4.69, 9.17) is 4.74 Å². The van der Waals surface area contributed by atoms with Gasteiger partial charge in [-0.25, -0.2) is 13.8 Å². The van der Waals surface area contributed by atoms with E-state index < -0.39 is 24.4 Å². The molecule has 3 aromatic carbocycles. The van der Waals surface area contributed by atoms with Crippen molar-refractivity contribution in [1.29, 1.82) is 0 Å². The summed E-state index contributed by atoms with van der Waals surface area (Å²) in [6.45, 7) is 2.16. The fourth-order valence-corrected chi connectivity index (χ4v) is 4.94. The number of carbonyl (C=O) groups is 1. The van der Waals surface area contributed by atoms with Gasteiger partial charge in [0.05, 0.1) is 5.69 Å². The van der Waals surface area contributed by atoms with E-state index in [-0.39, 0.29) is 34.2 Å². The second-order valence-corrected chi connectivity index (χ2v) is 9.97. The van der Waals surface area contributed by atoms with Crippen molar-refractivity contribution in [2.24, 2.45) is 5.92 Å². The number of aromatic nitrogens is 2. The summed E-state index contributed by atoms with van der Waals surface area (Å²) in [6, 6.07) is 15.4. The molecule has 1 fully saturated rings. The molecule has 0 spiro atoms. The zero-order valence-corrected chi connectivity index (χ0v) is 22.0. The highest BCUT2D eigenvalue weighted by molar-refractivity contribution is 6.04. The van der Waals surface area contributed by atoms with Gasteiger partial charge in [-0.1, -0.05) is 30.3 Å². The van der Waals surface area contributed by atoms with Crippen molar-refractivity contribution in [3.8, 4) is 28.3 Å². The molecule has 6 nitrogen and oxygen atoms in total. The molecule has 0 unspecified atom stereocenters. The smallest absolute Gasteiger partial charge is 0.387 e. The number of alkyl halides is 4. The average molecular weight is 554 g/mol. The quantitative estimate of drug-likeness (QED) is 0.173. The lowest BCUT2D eigenvalue weighted by atomic mass is 9.93. The molecule has 1 heterocycles. The normalized spacial score (nSPS) is 13.5. The Morgan fingerprint density at radius 1 is 1.05 bits per heavy atom. The molecule has 1 aliphatic rings. The standard InChI is InChI=1S/C30H27F4N3O3/c1-16-6-4-7-17(2)25(16)23-14-19(10-13-24(23)40-29(31)32)27-35-18(3)26(37(27)39)28(38)36-22-9-5-8-21(15-22)30(33,34)20-11-12-20/h4-10,13-15,20,29,39H,11-12H2,1-3H3,(H,36,38). The third-order valence-corrected chi connectivity index (χ3v) is 7.04. The minimum absolute atomic E-state index is 0.00671. The first kappa shape index (κ1) is 27.2. The lowest BCUT2D eigenvalue weighted by molar-refractivity contribution is -0.0494. The SMILES string of the molecule is Cc1cccc(C)c1-c1cc(-c2nc(C)c(C(=O)Nc3cccc(C(F)(F)C4CC4)c3)n2O)ccc1OC(F)F. The Morgan fingerprint density at radius 2 is 1.73 bits per heavy atom. The van der Waals surface area contributed by atoms with Crippen LogP contribution in [0.2, 0.25) is 0 Å².